The number of hydrogen-bond acceptors (Lipinski definition) is 3. The molecule has 128 valence electrons. The Labute approximate surface area is 152 Å². The first-order chi connectivity index (χ1) is 12.1. The van der Waals surface area contributed by atoms with Crippen molar-refractivity contribution in [3.05, 3.63) is 87.3 Å². The zero-order chi connectivity index (χ0) is 17.8. The van der Waals surface area contributed by atoms with Crippen LogP contribution in [0.4, 0.5) is 5.69 Å². The normalized spacial score (nSPS) is 12.0. The number of anilines is 1. The standard InChI is InChI=1S/C20H20ClN3O/c1-3-17(15-11-9-14(2)10-12-15)23-18-13-22-24(20(25)19(18)21)16-7-5-4-6-8-16/h4-13,17,23H,3H2,1-2H3/t17-/m1/s1. The van der Waals surface area contributed by atoms with Crippen LogP contribution in [-0.4, -0.2) is 9.78 Å². The molecule has 0 fully saturated rings. The number of benzene rings is 2. The summed E-state index contributed by atoms with van der Waals surface area (Å²) >= 11 is 6.33. The van der Waals surface area contributed by atoms with Crippen LogP contribution < -0.4 is 10.9 Å². The van der Waals surface area contributed by atoms with Gasteiger partial charge in [0.25, 0.3) is 5.56 Å². The highest BCUT2D eigenvalue weighted by atomic mass is 35.5. The van der Waals surface area contributed by atoms with Gasteiger partial charge in [0.1, 0.15) is 5.02 Å². The number of para-hydroxylation sites is 1. The second-order valence-corrected chi connectivity index (χ2v) is 6.32. The van der Waals surface area contributed by atoms with Crippen LogP contribution >= 0.6 is 11.6 Å². The first-order valence-corrected chi connectivity index (χ1v) is 8.64. The molecule has 25 heavy (non-hydrogen) atoms. The molecular weight excluding hydrogens is 334 g/mol. The van der Waals surface area contributed by atoms with Crippen molar-refractivity contribution in [1.29, 1.82) is 0 Å². The van der Waals surface area contributed by atoms with Crippen molar-refractivity contribution in [2.75, 3.05) is 5.32 Å². The maximum Gasteiger partial charge on any atom is 0.292 e. The molecule has 5 heteroatoms. The van der Waals surface area contributed by atoms with E-state index >= 15 is 0 Å². The van der Waals surface area contributed by atoms with Gasteiger partial charge < -0.3 is 5.32 Å². The molecule has 1 atom stereocenters. The predicted octanol–water partition coefficient (Wildman–Crippen LogP) is 4.76. The summed E-state index contributed by atoms with van der Waals surface area (Å²) in [6.45, 7) is 4.15. The summed E-state index contributed by atoms with van der Waals surface area (Å²) in [7, 11) is 0. The van der Waals surface area contributed by atoms with Crippen molar-refractivity contribution in [3.63, 3.8) is 0 Å². The van der Waals surface area contributed by atoms with Crippen LogP contribution in [0.15, 0.2) is 65.6 Å². The number of nitrogens with zero attached hydrogens (tertiary/aromatic N) is 2. The number of aryl methyl sites for hydroxylation is 1. The van der Waals surface area contributed by atoms with E-state index in [4.69, 9.17) is 11.6 Å². The minimum absolute atomic E-state index is 0.0619. The Hall–Kier alpha value is -2.59. The van der Waals surface area contributed by atoms with Gasteiger partial charge in [0.2, 0.25) is 0 Å². The lowest BCUT2D eigenvalue weighted by molar-refractivity contribution is 0.741. The minimum atomic E-state index is -0.336. The van der Waals surface area contributed by atoms with Crippen molar-refractivity contribution >= 4 is 17.3 Å². The van der Waals surface area contributed by atoms with Crippen LogP contribution in [0.2, 0.25) is 5.02 Å². The molecule has 0 bridgehead atoms. The lowest BCUT2D eigenvalue weighted by Gasteiger charge is -2.20. The maximum absolute atomic E-state index is 12.6. The third-order valence-corrected chi connectivity index (χ3v) is 4.50. The molecule has 1 aromatic heterocycles. The maximum atomic E-state index is 12.6. The fourth-order valence-corrected chi connectivity index (χ4v) is 2.88. The number of hydrogen-bond donors (Lipinski definition) is 1. The molecular formula is C20H20ClN3O. The van der Waals surface area contributed by atoms with Gasteiger partial charge in [-0.3, -0.25) is 4.79 Å². The third-order valence-electron chi connectivity index (χ3n) is 4.14. The Balaban J connectivity index is 1.91. The van der Waals surface area contributed by atoms with E-state index in [0.29, 0.717) is 11.4 Å². The second kappa shape index (κ2) is 7.53. The Kier molecular flexibility index (Phi) is 5.19. The highest BCUT2D eigenvalue weighted by Crippen LogP contribution is 2.26. The molecule has 0 saturated heterocycles. The lowest BCUT2D eigenvalue weighted by Crippen LogP contribution is -2.23. The van der Waals surface area contributed by atoms with Crippen LogP contribution in [0, 0.1) is 6.92 Å². The molecule has 4 nitrogen and oxygen atoms in total. The molecule has 0 aliphatic rings. The second-order valence-electron chi connectivity index (χ2n) is 5.94. The van der Waals surface area contributed by atoms with Crippen LogP contribution in [0.3, 0.4) is 0 Å². The quantitative estimate of drug-likeness (QED) is 0.719. The van der Waals surface area contributed by atoms with Crippen LogP contribution in [-0.2, 0) is 0 Å². The Morgan fingerprint density at radius 3 is 2.44 bits per heavy atom. The van der Waals surface area contributed by atoms with Crippen LogP contribution in [0.25, 0.3) is 5.69 Å². The van der Waals surface area contributed by atoms with Gasteiger partial charge in [0.05, 0.1) is 23.6 Å². The van der Waals surface area contributed by atoms with E-state index in [1.807, 2.05) is 30.3 Å². The average Bonchev–Trinajstić information content (AvgIpc) is 2.65. The largest absolute Gasteiger partial charge is 0.376 e. The van der Waals surface area contributed by atoms with E-state index in [-0.39, 0.29) is 16.6 Å². The first kappa shape index (κ1) is 17.2. The van der Waals surface area contributed by atoms with Crippen molar-refractivity contribution in [1.82, 2.24) is 9.78 Å². The zero-order valence-electron chi connectivity index (χ0n) is 14.2. The number of aromatic nitrogens is 2. The summed E-state index contributed by atoms with van der Waals surface area (Å²) in [5.74, 6) is 0. The SMILES string of the molecule is CC[C@@H](Nc1cnn(-c2ccccc2)c(=O)c1Cl)c1ccc(C)cc1. The lowest BCUT2D eigenvalue weighted by atomic mass is 10.0. The van der Waals surface area contributed by atoms with Crippen molar-refractivity contribution < 1.29 is 0 Å². The first-order valence-electron chi connectivity index (χ1n) is 8.26. The van der Waals surface area contributed by atoms with Crippen LogP contribution in [0.5, 0.6) is 0 Å². The van der Waals surface area contributed by atoms with Gasteiger partial charge in [0, 0.05) is 0 Å². The Morgan fingerprint density at radius 2 is 1.80 bits per heavy atom. The summed E-state index contributed by atoms with van der Waals surface area (Å²) in [6, 6.07) is 17.6. The summed E-state index contributed by atoms with van der Waals surface area (Å²) < 4.78 is 1.31. The van der Waals surface area contributed by atoms with E-state index in [9.17, 15) is 4.79 Å². The Morgan fingerprint density at radius 1 is 1.12 bits per heavy atom. The molecule has 3 aromatic rings. The third kappa shape index (κ3) is 3.74. The molecule has 2 aromatic carbocycles. The van der Waals surface area contributed by atoms with Crippen LogP contribution in [0.1, 0.15) is 30.5 Å². The van der Waals surface area contributed by atoms with Crippen molar-refractivity contribution in [3.8, 4) is 5.69 Å². The number of nitrogens with one attached hydrogen (secondary N) is 1. The van der Waals surface area contributed by atoms with E-state index in [1.54, 1.807) is 6.20 Å². The monoisotopic (exact) mass is 353 g/mol. The fraction of sp³-hybridized carbons (Fsp3) is 0.200. The predicted molar refractivity (Wildman–Crippen MR) is 103 cm³/mol. The molecule has 3 rings (SSSR count). The number of rotatable bonds is 5. The van der Waals surface area contributed by atoms with E-state index in [1.165, 1.54) is 10.2 Å². The Bertz CT molecular complexity index is 904. The molecule has 0 spiro atoms. The smallest absolute Gasteiger partial charge is 0.292 e. The zero-order valence-corrected chi connectivity index (χ0v) is 15.0. The van der Waals surface area contributed by atoms with E-state index in [2.05, 4.69) is 48.5 Å². The molecule has 1 N–H and O–H groups in total. The van der Waals surface area contributed by atoms with Gasteiger partial charge in [-0.1, -0.05) is 66.6 Å². The summed E-state index contributed by atoms with van der Waals surface area (Å²) in [4.78, 5) is 12.6. The number of halogens is 1. The summed E-state index contributed by atoms with van der Waals surface area (Å²) in [5, 5.41) is 7.75. The van der Waals surface area contributed by atoms with Crippen molar-refractivity contribution in [2.45, 2.75) is 26.3 Å². The van der Waals surface area contributed by atoms with E-state index < -0.39 is 0 Å². The molecule has 0 amide bonds. The van der Waals surface area contributed by atoms with E-state index in [0.717, 1.165) is 12.0 Å². The van der Waals surface area contributed by atoms with Crippen molar-refractivity contribution in [2.24, 2.45) is 0 Å². The fourth-order valence-electron chi connectivity index (χ4n) is 2.69. The average molecular weight is 354 g/mol. The minimum Gasteiger partial charge on any atom is -0.376 e. The highest BCUT2D eigenvalue weighted by Gasteiger charge is 2.15. The van der Waals surface area contributed by atoms with Gasteiger partial charge in [-0.05, 0) is 31.0 Å². The summed E-state index contributed by atoms with van der Waals surface area (Å²) in [6.07, 6.45) is 2.47. The molecule has 0 radical (unpaired) electrons. The summed E-state index contributed by atoms with van der Waals surface area (Å²) in [5.41, 5.74) is 3.26. The van der Waals surface area contributed by atoms with Gasteiger partial charge in [0.15, 0.2) is 0 Å². The van der Waals surface area contributed by atoms with Gasteiger partial charge in [-0.2, -0.15) is 9.78 Å². The van der Waals surface area contributed by atoms with Gasteiger partial charge >= 0.3 is 0 Å². The molecule has 0 aliphatic carbocycles. The highest BCUT2D eigenvalue weighted by molar-refractivity contribution is 6.33. The molecule has 0 aliphatic heterocycles. The molecule has 1 heterocycles. The van der Waals surface area contributed by atoms with Gasteiger partial charge in [-0.25, -0.2) is 0 Å². The van der Waals surface area contributed by atoms with Gasteiger partial charge in [-0.15, -0.1) is 0 Å². The topological polar surface area (TPSA) is 46.9 Å². The molecule has 0 saturated carbocycles. The molecule has 0 unspecified atom stereocenters.